The molecule has 0 radical (unpaired) electrons. The van der Waals surface area contributed by atoms with Gasteiger partial charge in [0.25, 0.3) is 11.8 Å². The van der Waals surface area contributed by atoms with Crippen molar-refractivity contribution >= 4 is 50.8 Å². The fourth-order valence-corrected chi connectivity index (χ4v) is 2.92. The first-order valence-electron chi connectivity index (χ1n) is 7.29. The minimum atomic E-state index is -0.487. The molecule has 7 heteroatoms. The van der Waals surface area contributed by atoms with Crippen molar-refractivity contribution in [3.8, 4) is 0 Å². The maximum atomic E-state index is 12.6. The average molecular weight is 417 g/mol. The van der Waals surface area contributed by atoms with Gasteiger partial charge in [-0.25, -0.2) is 0 Å². The van der Waals surface area contributed by atoms with Crippen LogP contribution in [-0.4, -0.2) is 11.8 Å². The number of rotatable bonds is 5. The van der Waals surface area contributed by atoms with E-state index in [0.29, 0.717) is 5.69 Å². The number of nitrogens with one attached hydrogen (secondary N) is 2. The van der Waals surface area contributed by atoms with Gasteiger partial charge in [0.15, 0.2) is 5.76 Å². The fourth-order valence-electron chi connectivity index (χ4n) is 2.00. The zero-order valence-corrected chi connectivity index (χ0v) is 15.3. The Morgan fingerprint density at radius 1 is 1.08 bits per heavy atom. The lowest BCUT2D eigenvalue weighted by Gasteiger charge is -2.10. The summed E-state index contributed by atoms with van der Waals surface area (Å²) < 4.78 is 5.98. The van der Waals surface area contributed by atoms with Crippen LogP contribution in [0.25, 0.3) is 6.08 Å². The molecule has 0 bridgehead atoms. The van der Waals surface area contributed by atoms with Crippen molar-refractivity contribution < 1.29 is 14.0 Å². The van der Waals surface area contributed by atoms with Gasteiger partial charge in [0.1, 0.15) is 5.70 Å². The molecule has 2 heterocycles. The summed E-state index contributed by atoms with van der Waals surface area (Å²) in [6.45, 7) is 0. The summed E-state index contributed by atoms with van der Waals surface area (Å²) in [5.74, 6) is -0.775. The van der Waals surface area contributed by atoms with Crippen molar-refractivity contribution in [2.24, 2.45) is 0 Å². The van der Waals surface area contributed by atoms with Crippen molar-refractivity contribution in [1.29, 1.82) is 0 Å². The third-order valence-corrected chi connectivity index (χ3v) is 4.52. The highest BCUT2D eigenvalue weighted by Gasteiger charge is 2.16. The number of benzene rings is 1. The maximum Gasteiger partial charge on any atom is 0.291 e. The molecule has 0 saturated carbocycles. The molecule has 0 aliphatic heterocycles. The van der Waals surface area contributed by atoms with E-state index in [2.05, 4.69) is 26.6 Å². The van der Waals surface area contributed by atoms with Gasteiger partial charge in [-0.05, 0) is 53.9 Å². The third-order valence-electron chi connectivity index (χ3n) is 3.17. The second kappa shape index (κ2) is 7.96. The van der Waals surface area contributed by atoms with Crippen LogP contribution in [0.1, 0.15) is 15.4 Å². The molecular weight excluding hydrogens is 404 g/mol. The normalized spacial score (nSPS) is 11.2. The molecule has 0 atom stereocenters. The molecule has 2 amide bonds. The van der Waals surface area contributed by atoms with Crippen LogP contribution in [0.4, 0.5) is 5.69 Å². The number of amides is 2. The minimum absolute atomic E-state index is 0.131. The van der Waals surface area contributed by atoms with E-state index in [0.717, 1.165) is 9.35 Å². The number of hydrogen-bond donors (Lipinski definition) is 2. The second-order valence-electron chi connectivity index (χ2n) is 4.97. The Bertz CT molecular complexity index is 885. The Morgan fingerprint density at radius 2 is 1.88 bits per heavy atom. The van der Waals surface area contributed by atoms with Gasteiger partial charge in [-0.1, -0.05) is 22.0 Å². The third kappa shape index (κ3) is 4.68. The molecular formula is C18H13BrN2O3S. The van der Waals surface area contributed by atoms with Crippen molar-refractivity contribution in [3.05, 3.63) is 81.0 Å². The molecule has 0 fully saturated rings. The SMILES string of the molecule is O=C(Nc1ccc(Br)cc1)C(=Cc1cccs1)NC(=O)c1ccco1. The number of carbonyl (C=O) groups excluding carboxylic acids is 2. The van der Waals surface area contributed by atoms with Crippen LogP contribution in [0.2, 0.25) is 0 Å². The number of carbonyl (C=O) groups is 2. The fraction of sp³-hybridized carbons (Fsp3) is 0. The Balaban J connectivity index is 1.81. The molecule has 25 heavy (non-hydrogen) atoms. The monoisotopic (exact) mass is 416 g/mol. The summed E-state index contributed by atoms with van der Waals surface area (Å²) in [6, 6.07) is 14.0. The van der Waals surface area contributed by atoms with E-state index in [1.54, 1.807) is 24.3 Å². The highest BCUT2D eigenvalue weighted by molar-refractivity contribution is 9.10. The van der Waals surface area contributed by atoms with Crippen molar-refractivity contribution in [2.45, 2.75) is 0 Å². The molecule has 126 valence electrons. The van der Waals surface area contributed by atoms with E-state index < -0.39 is 11.8 Å². The molecule has 0 unspecified atom stereocenters. The van der Waals surface area contributed by atoms with E-state index >= 15 is 0 Å². The first kappa shape index (κ1) is 17.2. The van der Waals surface area contributed by atoms with Crippen molar-refractivity contribution in [2.75, 3.05) is 5.32 Å². The lowest BCUT2D eigenvalue weighted by molar-refractivity contribution is -0.113. The standard InChI is InChI=1S/C18H13BrN2O3S/c19-12-5-7-13(8-6-12)20-17(22)15(11-14-3-2-10-25-14)21-18(23)16-4-1-9-24-16/h1-11H,(H,20,22)(H,21,23). The lowest BCUT2D eigenvalue weighted by atomic mass is 10.2. The number of hydrogen-bond acceptors (Lipinski definition) is 4. The number of anilines is 1. The van der Waals surface area contributed by atoms with Crippen LogP contribution < -0.4 is 10.6 Å². The highest BCUT2D eigenvalue weighted by atomic mass is 79.9. The topological polar surface area (TPSA) is 71.3 Å². The predicted molar refractivity (Wildman–Crippen MR) is 101 cm³/mol. The summed E-state index contributed by atoms with van der Waals surface area (Å²) >= 11 is 4.81. The van der Waals surface area contributed by atoms with Gasteiger partial charge in [0, 0.05) is 15.0 Å². The average Bonchev–Trinajstić information content (AvgIpc) is 3.29. The Labute approximate surface area is 156 Å². The Kier molecular flexibility index (Phi) is 5.47. The van der Waals surface area contributed by atoms with Crippen LogP contribution in [0.15, 0.2) is 74.8 Å². The van der Waals surface area contributed by atoms with Crippen LogP contribution in [0.5, 0.6) is 0 Å². The molecule has 3 aromatic rings. The second-order valence-corrected chi connectivity index (χ2v) is 6.86. The van der Waals surface area contributed by atoms with Crippen molar-refractivity contribution in [3.63, 3.8) is 0 Å². The Hall–Kier alpha value is -2.64. The molecule has 1 aromatic carbocycles. The highest BCUT2D eigenvalue weighted by Crippen LogP contribution is 2.17. The van der Waals surface area contributed by atoms with E-state index in [1.165, 1.54) is 23.7 Å². The quantitative estimate of drug-likeness (QED) is 0.600. The van der Waals surface area contributed by atoms with Gasteiger partial charge in [-0.15, -0.1) is 11.3 Å². The first-order valence-corrected chi connectivity index (χ1v) is 8.96. The molecule has 0 aliphatic carbocycles. The molecule has 3 rings (SSSR count). The van der Waals surface area contributed by atoms with Gasteiger partial charge in [-0.2, -0.15) is 0 Å². The van der Waals surface area contributed by atoms with Crippen LogP contribution >= 0.6 is 27.3 Å². The van der Waals surface area contributed by atoms with E-state index in [-0.39, 0.29) is 11.5 Å². The van der Waals surface area contributed by atoms with Crippen LogP contribution in [-0.2, 0) is 4.79 Å². The summed E-state index contributed by atoms with van der Waals surface area (Å²) in [5, 5.41) is 7.26. The van der Waals surface area contributed by atoms with Gasteiger partial charge in [-0.3, -0.25) is 9.59 Å². The molecule has 0 spiro atoms. The minimum Gasteiger partial charge on any atom is -0.459 e. The van der Waals surface area contributed by atoms with Gasteiger partial charge >= 0.3 is 0 Å². The zero-order chi connectivity index (χ0) is 17.6. The molecule has 0 aliphatic rings. The van der Waals surface area contributed by atoms with Crippen LogP contribution in [0.3, 0.4) is 0 Å². The lowest BCUT2D eigenvalue weighted by Crippen LogP contribution is -2.30. The molecule has 0 saturated heterocycles. The Morgan fingerprint density at radius 3 is 2.52 bits per heavy atom. The van der Waals surface area contributed by atoms with Gasteiger partial charge in [0.05, 0.1) is 6.26 Å². The summed E-state index contributed by atoms with van der Waals surface area (Å²) in [6.07, 6.45) is 3.03. The number of thiophene rings is 1. The molecule has 5 nitrogen and oxygen atoms in total. The largest absolute Gasteiger partial charge is 0.459 e. The van der Waals surface area contributed by atoms with E-state index in [1.807, 2.05) is 29.6 Å². The predicted octanol–water partition coefficient (Wildman–Crippen LogP) is 4.51. The summed E-state index contributed by atoms with van der Waals surface area (Å²) in [7, 11) is 0. The number of halogens is 1. The molecule has 2 N–H and O–H groups in total. The smallest absolute Gasteiger partial charge is 0.291 e. The van der Waals surface area contributed by atoms with Crippen LogP contribution in [0, 0.1) is 0 Å². The van der Waals surface area contributed by atoms with Crippen molar-refractivity contribution in [1.82, 2.24) is 5.32 Å². The van der Waals surface area contributed by atoms with E-state index in [9.17, 15) is 9.59 Å². The van der Waals surface area contributed by atoms with Gasteiger partial charge < -0.3 is 15.1 Å². The first-order chi connectivity index (χ1) is 12.1. The van der Waals surface area contributed by atoms with E-state index in [4.69, 9.17) is 4.42 Å². The number of furan rings is 1. The summed E-state index contributed by atoms with van der Waals surface area (Å²) in [4.78, 5) is 25.7. The molecule has 2 aromatic heterocycles. The van der Waals surface area contributed by atoms with Gasteiger partial charge in [0.2, 0.25) is 0 Å². The summed E-state index contributed by atoms with van der Waals surface area (Å²) in [5.41, 5.74) is 0.754. The maximum absolute atomic E-state index is 12.6. The zero-order valence-electron chi connectivity index (χ0n) is 12.9.